The standard InChI is InChI=1S/C14H14NO5P/c1-8-13(20-3)10(7-15)12-9(14(8)21(16,17)18)5-4-6-11(12)19-2/h4-6H,1-3H3,(H2,16,17,18). The first kappa shape index (κ1) is 15.3. The SMILES string of the molecule is COc1c(C)c(P(=O)(O)O)c2cccc(OC)c2c1C#N. The van der Waals surface area contributed by atoms with Gasteiger partial charge in [-0.1, -0.05) is 12.1 Å². The summed E-state index contributed by atoms with van der Waals surface area (Å²) >= 11 is 0. The molecule has 0 unspecified atom stereocenters. The van der Waals surface area contributed by atoms with Gasteiger partial charge < -0.3 is 19.3 Å². The zero-order valence-corrected chi connectivity index (χ0v) is 12.6. The van der Waals surface area contributed by atoms with Gasteiger partial charge in [-0.3, -0.25) is 4.57 Å². The van der Waals surface area contributed by atoms with Crippen LogP contribution in [0.3, 0.4) is 0 Å². The summed E-state index contributed by atoms with van der Waals surface area (Å²) in [6.45, 7) is 1.52. The van der Waals surface area contributed by atoms with E-state index in [-0.39, 0.29) is 27.6 Å². The predicted octanol–water partition coefficient (Wildman–Crippen LogP) is 1.84. The van der Waals surface area contributed by atoms with Gasteiger partial charge in [0.1, 0.15) is 23.1 Å². The molecule has 0 aliphatic rings. The lowest BCUT2D eigenvalue weighted by molar-refractivity contribution is 0.386. The van der Waals surface area contributed by atoms with Gasteiger partial charge in [-0.05, 0) is 13.0 Å². The molecule has 0 heterocycles. The van der Waals surface area contributed by atoms with E-state index in [1.807, 2.05) is 6.07 Å². The normalized spacial score (nSPS) is 11.2. The molecule has 0 aliphatic heterocycles. The third kappa shape index (κ3) is 2.36. The summed E-state index contributed by atoms with van der Waals surface area (Å²) in [5, 5.41) is 9.89. The number of hydrogen-bond donors (Lipinski definition) is 2. The Morgan fingerprint density at radius 1 is 1.24 bits per heavy atom. The summed E-state index contributed by atoms with van der Waals surface area (Å²) in [6.07, 6.45) is 0. The third-order valence-electron chi connectivity index (χ3n) is 3.28. The maximum absolute atomic E-state index is 11.9. The molecule has 0 amide bonds. The molecule has 2 aromatic carbocycles. The van der Waals surface area contributed by atoms with Gasteiger partial charge >= 0.3 is 7.60 Å². The molecule has 0 saturated heterocycles. The van der Waals surface area contributed by atoms with Crippen LogP contribution in [0.4, 0.5) is 0 Å². The molecule has 0 radical (unpaired) electrons. The van der Waals surface area contributed by atoms with Gasteiger partial charge in [-0.2, -0.15) is 5.26 Å². The number of benzene rings is 2. The Balaban J connectivity index is 3.17. The van der Waals surface area contributed by atoms with Crippen molar-refractivity contribution in [2.75, 3.05) is 14.2 Å². The molecule has 7 heteroatoms. The highest BCUT2D eigenvalue weighted by atomic mass is 31.2. The Hall–Kier alpha value is -2.06. The van der Waals surface area contributed by atoms with E-state index in [4.69, 9.17) is 9.47 Å². The number of fused-ring (bicyclic) bond motifs is 1. The van der Waals surface area contributed by atoms with Crippen molar-refractivity contribution in [2.45, 2.75) is 6.92 Å². The first-order valence-corrected chi connectivity index (χ1v) is 7.61. The molecule has 2 N–H and O–H groups in total. The predicted molar refractivity (Wildman–Crippen MR) is 78.2 cm³/mol. The lowest BCUT2D eigenvalue weighted by Gasteiger charge is -2.18. The van der Waals surface area contributed by atoms with Crippen LogP contribution in [0.5, 0.6) is 11.5 Å². The zero-order chi connectivity index (χ0) is 15.8. The molecule has 2 aromatic rings. The third-order valence-corrected chi connectivity index (χ3v) is 4.44. The molecule has 0 aromatic heterocycles. The van der Waals surface area contributed by atoms with Crippen molar-refractivity contribution in [1.82, 2.24) is 0 Å². The van der Waals surface area contributed by atoms with Crippen molar-refractivity contribution < 1.29 is 23.8 Å². The van der Waals surface area contributed by atoms with Gasteiger partial charge in [0.2, 0.25) is 0 Å². The van der Waals surface area contributed by atoms with Crippen molar-refractivity contribution in [3.8, 4) is 17.6 Å². The van der Waals surface area contributed by atoms with E-state index in [1.165, 1.54) is 21.1 Å². The van der Waals surface area contributed by atoms with E-state index in [0.29, 0.717) is 11.1 Å². The van der Waals surface area contributed by atoms with E-state index in [2.05, 4.69) is 0 Å². The van der Waals surface area contributed by atoms with E-state index < -0.39 is 7.60 Å². The molecular weight excluding hydrogens is 293 g/mol. The molecule has 21 heavy (non-hydrogen) atoms. The quantitative estimate of drug-likeness (QED) is 0.839. The van der Waals surface area contributed by atoms with Gasteiger partial charge in [0, 0.05) is 16.3 Å². The topological polar surface area (TPSA) is 99.8 Å². The van der Waals surface area contributed by atoms with E-state index in [9.17, 15) is 19.6 Å². The van der Waals surface area contributed by atoms with Crippen LogP contribution in [0.15, 0.2) is 18.2 Å². The Morgan fingerprint density at radius 3 is 2.38 bits per heavy atom. The van der Waals surface area contributed by atoms with Crippen LogP contribution in [0.25, 0.3) is 10.8 Å². The lowest BCUT2D eigenvalue weighted by Crippen LogP contribution is -2.13. The molecule has 0 spiro atoms. The number of hydrogen-bond acceptors (Lipinski definition) is 4. The number of rotatable bonds is 3. The first-order chi connectivity index (χ1) is 9.86. The van der Waals surface area contributed by atoms with E-state index in [0.717, 1.165) is 0 Å². The van der Waals surface area contributed by atoms with Crippen molar-refractivity contribution in [3.05, 3.63) is 29.3 Å². The molecule has 0 saturated carbocycles. The number of ether oxygens (including phenoxy) is 2. The molecular formula is C14H14NO5P. The largest absolute Gasteiger partial charge is 0.496 e. The highest BCUT2D eigenvalue weighted by Crippen LogP contribution is 2.44. The van der Waals surface area contributed by atoms with Gasteiger partial charge in [0.05, 0.1) is 19.5 Å². The van der Waals surface area contributed by atoms with Crippen LogP contribution in [-0.4, -0.2) is 24.0 Å². The fourth-order valence-corrected chi connectivity index (χ4v) is 3.54. The van der Waals surface area contributed by atoms with Crippen LogP contribution in [0, 0.1) is 18.3 Å². The minimum atomic E-state index is -4.55. The van der Waals surface area contributed by atoms with Crippen molar-refractivity contribution >= 4 is 23.7 Å². The zero-order valence-electron chi connectivity index (χ0n) is 11.7. The summed E-state index contributed by atoms with van der Waals surface area (Å²) in [5.74, 6) is 0.505. The van der Waals surface area contributed by atoms with Crippen molar-refractivity contribution in [3.63, 3.8) is 0 Å². The van der Waals surface area contributed by atoms with Crippen LogP contribution in [0.2, 0.25) is 0 Å². The minimum absolute atomic E-state index is 0.146. The Labute approximate surface area is 121 Å². The highest BCUT2D eigenvalue weighted by Gasteiger charge is 2.29. The summed E-state index contributed by atoms with van der Waals surface area (Å²) < 4.78 is 22.3. The Kier molecular flexibility index (Phi) is 3.93. The highest BCUT2D eigenvalue weighted by molar-refractivity contribution is 7.61. The van der Waals surface area contributed by atoms with E-state index in [1.54, 1.807) is 18.2 Å². The van der Waals surface area contributed by atoms with Crippen LogP contribution in [-0.2, 0) is 4.57 Å². The van der Waals surface area contributed by atoms with Gasteiger partial charge in [0.15, 0.2) is 0 Å². The molecule has 0 fully saturated rings. The Bertz CT molecular complexity index is 803. The molecule has 0 atom stereocenters. The van der Waals surface area contributed by atoms with Crippen LogP contribution < -0.4 is 14.8 Å². The first-order valence-electron chi connectivity index (χ1n) is 6.00. The maximum atomic E-state index is 11.9. The molecule has 6 nitrogen and oxygen atoms in total. The number of nitriles is 1. The summed E-state index contributed by atoms with van der Waals surface area (Å²) in [5.41, 5.74) is 0.447. The molecule has 2 rings (SSSR count). The lowest BCUT2D eigenvalue weighted by atomic mass is 9.99. The smallest absolute Gasteiger partial charge is 0.357 e. The number of methoxy groups -OCH3 is 2. The molecule has 0 bridgehead atoms. The fourth-order valence-electron chi connectivity index (χ4n) is 2.50. The Morgan fingerprint density at radius 2 is 1.90 bits per heavy atom. The van der Waals surface area contributed by atoms with Crippen molar-refractivity contribution in [1.29, 1.82) is 5.26 Å². The minimum Gasteiger partial charge on any atom is -0.496 e. The van der Waals surface area contributed by atoms with Crippen LogP contribution in [0.1, 0.15) is 11.1 Å². The van der Waals surface area contributed by atoms with Gasteiger partial charge in [0.25, 0.3) is 0 Å². The maximum Gasteiger partial charge on any atom is 0.357 e. The van der Waals surface area contributed by atoms with E-state index >= 15 is 0 Å². The average molecular weight is 307 g/mol. The monoisotopic (exact) mass is 307 g/mol. The van der Waals surface area contributed by atoms with Gasteiger partial charge in [-0.25, -0.2) is 0 Å². The van der Waals surface area contributed by atoms with Gasteiger partial charge in [-0.15, -0.1) is 0 Å². The van der Waals surface area contributed by atoms with Crippen LogP contribution >= 0.6 is 7.60 Å². The second-order valence-electron chi connectivity index (χ2n) is 4.42. The van der Waals surface area contributed by atoms with Crippen molar-refractivity contribution in [2.24, 2.45) is 0 Å². The second kappa shape index (κ2) is 5.38. The molecule has 110 valence electrons. The molecule has 0 aliphatic carbocycles. The summed E-state index contributed by atoms with van der Waals surface area (Å²) in [7, 11) is -1.76. The summed E-state index contributed by atoms with van der Waals surface area (Å²) in [6, 6.07) is 6.83. The fraction of sp³-hybridized carbons (Fsp3) is 0.214. The summed E-state index contributed by atoms with van der Waals surface area (Å²) in [4.78, 5) is 19.3. The average Bonchev–Trinajstić information content (AvgIpc) is 2.43. The second-order valence-corrected chi connectivity index (χ2v) is 5.96. The number of nitrogens with zero attached hydrogens (tertiary/aromatic N) is 1.